The van der Waals surface area contributed by atoms with Crippen LogP contribution in [0.25, 0.3) is 5.82 Å². The van der Waals surface area contributed by atoms with Gasteiger partial charge in [-0.05, 0) is 69.0 Å². The first-order valence-corrected chi connectivity index (χ1v) is 12.5. The van der Waals surface area contributed by atoms with Gasteiger partial charge in [-0.1, -0.05) is 6.07 Å². The van der Waals surface area contributed by atoms with Crippen LogP contribution in [0, 0.1) is 25.6 Å². The summed E-state index contributed by atoms with van der Waals surface area (Å²) >= 11 is 0. The predicted octanol–water partition coefficient (Wildman–Crippen LogP) is 3.83. The van der Waals surface area contributed by atoms with Gasteiger partial charge in [0.05, 0.1) is 24.1 Å². The maximum atomic E-state index is 13.2. The summed E-state index contributed by atoms with van der Waals surface area (Å²) in [7, 11) is 0. The van der Waals surface area contributed by atoms with Crippen molar-refractivity contribution in [3.05, 3.63) is 82.9 Å². The number of aromatic amines is 1. The van der Waals surface area contributed by atoms with Crippen LogP contribution in [0.1, 0.15) is 54.0 Å². The zero-order valence-corrected chi connectivity index (χ0v) is 21.3. The number of nitrogens with one attached hydrogen (secondary N) is 2. The molecule has 1 saturated heterocycles. The second-order valence-corrected chi connectivity index (χ2v) is 9.76. The Morgan fingerprint density at radius 2 is 1.95 bits per heavy atom. The van der Waals surface area contributed by atoms with Gasteiger partial charge in [0.2, 0.25) is 5.91 Å². The molecule has 2 N–H and O–H groups in total. The highest BCUT2D eigenvalue weighted by atomic mass is 19.1. The summed E-state index contributed by atoms with van der Waals surface area (Å²) in [5.74, 6) is 1.07. The largest absolute Gasteiger partial charge is 0.357 e. The van der Waals surface area contributed by atoms with Gasteiger partial charge in [0.25, 0.3) is 0 Å². The molecule has 1 fully saturated rings. The average molecular weight is 503 g/mol. The molecule has 4 aromatic rings. The summed E-state index contributed by atoms with van der Waals surface area (Å²) in [5, 5.41) is 14.4. The van der Waals surface area contributed by atoms with Crippen molar-refractivity contribution >= 4 is 11.7 Å². The summed E-state index contributed by atoms with van der Waals surface area (Å²) in [4.78, 5) is 24.5. The van der Waals surface area contributed by atoms with E-state index in [4.69, 9.17) is 4.98 Å². The van der Waals surface area contributed by atoms with Gasteiger partial charge in [0, 0.05) is 43.0 Å². The second-order valence-electron chi connectivity index (χ2n) is 9.76. The van der Waals surface area contributed by atoms with Crippen LogP contribution in [0.4, 0.5) is 10.2 Å². The highest BCUT2D eigenvalue weighted by molar-refractivity contribution is 5.79. The molecule has 1 atom stereocenters. The zero-order valence-electron chi connectivity index (χ0n) is 21.3. The number of hydrogen-bond acceptors (Lipinski definition) is 6. The average Bonchev–Trinajstić information content (AvgIpc) is 3.51. The maximum Gasteiger partial charge on any atom is 0.223 e. The molecule has 4 aromatic heterocycles. The number of hydrogen-bond donors (Lipinski definition) is 2. The normalized spacial score (nSPS) is 15.1. The van der Waals surface area contributed by atoms with Crippen LogP contribution in [-0.2, 0) is 11.2 Å². The molecular formula is C27H31FN8O. The highest BCUT2D eigenvalue weighted by Gasteiger charge is 2.27. The number of carbonyl (C=O) groups excluding carboxylic acids is 1. The lowest BCUT2D eigenvalue weighted by atomic mass is 9.95. The number of piperidine rings is 1. The first kappa shape index (κ1) is 24.6. The summed E-state index contributed by atoms with van der Waals surface area (Å²) in [5.41, 5.74) is 5.06. The number of nitrogens with zero attached hydrogens (tertiary/aromatic N) is 6. The molecule has 0 saturated carbocycles. The highest BCUT2D eigenvalue weighted by Crippen LogP contribution is 2.25. The molecular weight excluding hydrogens is 471 g/mol. The first-order chi connectivity index (χ1) is 17.8. The Kier molecular flexibility index (Phi) is 6.98. The number of rotatable bonds is 7. The van der Waals surface area contributed by atoms with Crippen molar-refractivity contribution in [3.8, 4) is 5.82 Å². The number of halogens is 1. The molecule has 0 aromatic carbocycles. The zero-order chi connectivity index (χ0) is 25.9. The van der Waals surface area contributed by atoms with Crippen LogP contribution < -0.4 is 10.2 Å². The van der Waals surface area contributed by atoms with Crippen molar-refractivity contribution in [2.45, 2.75) is 46.1 Å². The van der Waals surface area contributed by atoms with E-state index in [2.05, 4.69) is 49.6 Å². The number of anilines is 1. The van der Waals surface area contributed by atoms with Crippen molar-refractivity contribution in [3.63, 3.8) is 0 Å². The van der Waals surface area contributed by atoms with Gasteiger partial charge < -0.3 is 10.2 Å². The van der Waals surface area contributed by atoms with Crippen molar-refractivity contribution in [2.75, 3.05) is 18.0 Å². The second kappa shape index (κ2) is 10.5. The number of aryl methyl sites for hydroxylation is 2. The molecule has 0 unspecified atom stereocenters. The van der Waals surface area contributed by atoms with E-state index < -0.39 is 5.82 Å². The number of amides is 1. The fourth-order valence-corrected chi connectivity index (χ4v) is 4.72. The van der Waals surface area contributed by atoms with E-state index in [9.17, 15) is 9.18 Å². The monoisotopic (exact) mass is 502 g/mol. The van der Waals surface area contributed by atoms with E-state index in [1.54, 1.807) is 12.3 Å². The fourth-order valence-electron chi connectivity index (χ4n) is 4.72. The van der Waals surface area contributed by atoms with Crippen LogP contribution >= 0.6 is 0 Å². The van der Waals surface area contributed by atoms with E-state index in [0.717, 1.165) is 60.6 Å². The van der Waals surface area contributed by atoms with Gasteiger partial charge in [-0.2, -0.15) is 10.2 Å². The number of pyridine rings is 2. The van der Waals surface area contributed by atoms with Gasteiger partial charge in [0.1, 0.15) is 5.82 Å². The van der Waals surface area contributed by atoms with Gasteiger partial charge in [-0.3, -0.25) is 9.89 Å². The third-order valence-corrected chi connectivity index (χ3v) is 6.74. The number of carbonyl (C=O) groups is 1. The van der Waals surface area contributed by atoms with Crippen molar-refractivity contribution in [2.24, 2.45) is 5.92 Å². The third kappa shape index (κ3) is 5.84. The Morgan fingerprint density at radius 1 is 1.14 bits per heavy atom. The molecule has 5 heterocycles. The lowest BCUT2D eigenvalue weighted by molar-refractivity contribution is -0.126. The molecule has 10 heteroatoms. The quantitative estimate of drug-likeness (QED) is 0.398. The minimum absolute atomic E-state index is 0.0470. The molecule has 0 radical (unpaired) electrons. The smallest absolute Gasteiger partial charge is 0.223 e. The molecule has 37 heavy (non-hydrogen) atoms. The molecule has 192 valence electrons. The van der Waals surface area contributed by atoms with Crippen LogP contribution in [0.2, 0.25) is 0 Å². The minimum atomic E-state index is -0.416. The summed E-state index contributed by atoms with van der Waals surface area (Å²) < 4.78 is 14.6. The topological polar surface area (TPSA) is 105 Å². The molecule has 1 aliphatic rings. The Hall–Kier alpha value is -4.08. The summed E-state index contributed by atoms with van der Waals surface area (Å²) in [6.45, 7) is 7.57. The number of aromatic nitrogens is 6. The van der Waals surface area contributed by atoms with Crippen LogP contribution in [0.3, 0.4) is 0 Å². The van der Waals surface area contributed by atoms with E-state index in [-0.39, 0.29) is 17.9 Å². The lowest BCUT2D eigenvalue weighted by Gasteiger charge is -2.33. The van der Waals surface area contributed by atoms with Crippen LogP contribution in [-0.4, -0.2) is 48.9 Å². The summed E-state index contributed by atoms with van der Waals surface area (Å²) in [6, 6.07) is 9.70. The maximum absolute atomic E-state index is 13.2. The van der Waals surface area contributed by atoms with Crippen molar-refractivity contribution < 1.29 is 9.18 Å². The predicted molar refractivity (Wildman–Crippen MR) is 138 cm³/mol. The van der Waals surface area contributed by atoms with Gasteiger partial charge in [-0.25, -0.2) is 19.0 Å². The Labute approximate surface area is 215 Å². The molecule has 0 aliphatic carbocycles. The standard InChI is InChI=1S/C27H31FN8O/c1-17-10-23(13-24-12-18(2)33-34-24)32-26(11-17)35-8-6-20(7-9-35)27(37)31-19(3)21-4-5-25(29-14-21)36-16-22(28)15-30-36/h4-5,10-12,14-16,19-20H,6-9,13H2,1-3H3,(H,31,37)(H,33,34)/t19-/m0/s1. The van der Waals surface area contributed by atoms with Gasteiger partial charge >= 0.3 is 0 Å². The SMILES string of the molecule is Cc1cc(Cc2cc(C)[nH]n2)nc(N2CCC(C(=O)N[C@@H](C)c3ccc(-n4cc(F)cn4)nc3)CC2)c1. The van der Waals surface area contributed by atoms with Gasteiger partial charge in [-0.15, -0.1) is 0 Å². The lowest BCUT2D eigenvalue weighted by Crippen LogP contribution is -2.41. The summed E-state index contributed by atoms with van der Waals surface area (Å²) in [6.07, 6.45) is 6.32. The molecule has 5 rings (SSSR count). The van der Waals surface area contributed by atoms with Crippen molar-refractivity contribution in [1.29, 1.82) is 0 Å². The third-order valence-electron chi connectivity index (χ3n) is 6.74. The molecule has 0 spiro atoms. The van der Waals surface area contributed by atoms with Gasteiger partial charge in [0.15, 0.2) is 11.6 Å². The Bertz CT molecular complexity index is 1370. The first-order valence-electron chi connectivity index (χ1n) is 12.5. The Balaban J connectivity index is 1.16. The molecule has 1 amide bonds. The molecule has 9 nitrogen and oxygen atoms in total. The van der Waals surface area contributed by atoms with E-state index in [1.165, 1.54) is 16.4 Å². The minimum Gasteiger partial charge on any atom is -0.357 e. The van der Waals surface area contributed by atoms with Crippen LogP contribution in [0.5, 0.6) is 0 Å². The Morgan fingerprint density at radius 3 is 2.59 bits per heavy atom. The van der Waals surface area contributed by atoms with E-state index in [0.29, 0.717) is 12.2 Å². The fraction of sp³-hybridized carbons (Fsp3) is 0.370. The van der Waals surface area contributed by atoms with E-state index in [1.807, 2.05) is 26.0 Å². The van der Waals surface area contributed by atoms with E-state index >= 15 is 0 Å². The molecule has 0 bridgehead atoms. The molecule has 1 aliphatic heterocycles. The number of H-pyrrole nitrogens is 1. The van der Waals surface area contributed by atoms with Crippen LogP contribution in [0.15, 0.2) is 48.9 Å². The van der Waals surface area contributed by atoms with Crippen molar-refractivity contribution in [1.82, 2.24) is 35.3 Å².